The number of anilines is 1. The molecule has 3 amide bonds. The number of benzene rings is 3. The van der Waals surface area contributed by atoms with Gasteiger partial charge in [-0.05, 0) is 98.4 Å². The first-order valence-electron chi connectivity index (χ1n) is 10.4. The Labute approximate surface area is 236 Å². The molecule has 0 radical (unpaired) electrons. The molecule has 1 saturated heterocycles. The van der Waals surface area contributed by atoms with Crippen molar-refractivity contribution in [3.05, 3.63) is 95.5 Å². The lowest BCUT2D eigenvalue weighted by Gasteiger charge is -2.13. The van der Waals surface area contributed by atoms with Crippen LogP contribution in [0.15, 0.2) is 65.6 Å². The van der Waals surface area contributed by atoms with Crippen molar-refractivity contribution in [3.63, 3.8) is 0 Å². The van der Waals surface area contributed by atoms with Gasteiger partial charge in [-0.15, -0.1) is 0 Å². The standard InChI is InChI=1S/C25H16F2I2N2O4S/c26-16-6-7-20(17(27)11-16)30-22(32)12-31-24(33)21(36-25(31)34)10-15-8-18(28)23(19(29)9-15)35-13-14-4-2-1-3-5-14/h1-11H,12-13H2,(H,30,32)/b21-10+. The van der Waals surface area contributed by atoms with Crippen LogP contribution in [-0.4, -0.2) is 28.5 Å². The second-order valence-corrected chi connectivity index (χ2v) is 10.8. The molecular formula is C25H16F2I2N2O4S. The molecule has 6 nitrogen and oxygen atoms in total. The number of hydrogen-bond donors (Lipinski definition) is 1. The number of carbonyl (C=O) groups excluding carboxylic acids is 3. The fraction of sp³-hybridized carbons (Fsp3) is 0.0800. The molecule has 1 heterocycles. The Balaban J connectivity index is 1.44. The van der Waals surface area contributed by atoms with E-state index in [0.29, 0.717) is 30.0 Å². The molecule has 1 aliphatic rings. The Bertz CT molecular complexity index is 1360. The lowest BCUT2D eigenvalue weighted by Crippen LogP contribution is -2.36. The van der Waals surface area contributed by atoms with E-state index in [2.05, 4.69) is 50.5 Å². The summed E-state index contributed by atoms with van der Waals surface area (Å²) in [6.07, 6.45) is 1.58. The number of carbonyl (C=O) groups is 3. The number of nitrogens with one attached hydrogen (secondary N) is 1. The van der Waals surface area contributed by atoms with Crippen molar-refractivity contribution >= 4 is 85.8 Å². The van der Waals surface area contributed by atoms with E-state index < -0.39 is 35.2 Å². The van der Waals surface area contributed by atoms with Crippen molar-refractivity contribution in [3.8, 4) is 5.75 Å². The highest BCUT2D eigenvalue weighted by atomic mass is 127. The van der Waals surface area contributed by atoms with Crippen molar-refractivity contribution < 1.29 is 27.9 Å². The van der Waals surface area contributed by atoms with Gasteiger partial charge in [-0.25, -0.2) is 8.78 Å². The lowest BCUT2D eigenvalue weighted by atomic mass is 10.2. The summed E-state index contributed by atoms with van der Waals surface area (Å²) >= 11 is 5.01. The molecule has 1 aliphatic heterocycles. The van der Waals surface area contributed by atoms with Crippen LogP contribution in [0.4, 0.5) is 19.3 Å². The molecule has 0 atom stereocenters. The van der Waals surface area contributed by atoms with Gasteiger partial charge >= 0.3 is 0 Å². The first-order valence-corrected chi connectivity index (χ1v) is 13.3. The predicted molar refractivity (Wildman–Crippen MR) is 150 cm³/mol. The highest BCUT2D eigenvalue weighted by Gasteiger charge is 2.36. The predicted octanol–water partition coefficient (Wildman–Crippen LogP) is 6.43. The quantitative estimate of drug-likeness (QED) is 0.224. The summed E-state index contributed by atoms with van der Waals surface area (Å²) in [4.78, 5) is 38.4. The van der Waals surface area contributed by atoms with Gasteiger partial charge in [0, 0.05) is 6.07 Å². The number of halogens is 4. The number of thioether (sulfide) groups is 1. The molecule has 11 heteroatoms. The van der Waals surface area contributed by atoms with E-state index in [1.807, 2.05) is 42.5 Å². The first-order chi connectivity index (χ1) is 17.2. The zero-order chi connectivity index (χ0) is 25.8. The highest BCUT2D eigenvalue weighted by molar-refractivity contribution is 14.1. The zero-order valence-electron chi connectivity index (χ0n) is 18.3. The molecule has 1 fully saturated rings. The van der Waals surface area contributed by atoms with Gasteiger partial charge in [-0.3, -0.25) is 19.3 Å². The van der Waals surface area contributed by atoms with E-state index in [1.54, 1.807) is 6.08 Å². The van der Waals surface area contributed by atoms with Crippen molar-refractivity contribution in [2.45, 2.75) is 6.61 Å². The zero-order valence-corrected chi connectivity index (χ0v) is 23.4. The van der Waals surface area contributed by atoms with Crippen LogP contribution in [0.1, 0.15) is 11.1 Å². The van der Waals surface area contributed by atoms with Crippen molar-refractivity contribution in [1.82, 2.24) is 4.90 Å². The van der Waals surface area contributed by atoms with E-state index in [9.17, 15) is 23.2 Å². The van der Waals surface area contributed by atoms with Gasteiger partial charge in [-0.1, -0.05) is 30.3 Å². The Morgan fingerprint density at radius 2 is 1.72 bits per heavy atom. The summed E-state index contributed by atoms with van der Waals surface area (Å²) in [6.45, 7) is -0.185. The minimum absolute atomic E-state index is 0.158. The van der Waals surface area contributed by atoms with E-state index in [-0.39, 0.29) is 10.6 Å². The van der Waals surface area contributed by atoms with Crippen molar-refractivity contribution in [2.24, 2.45) is 0 Å². The van der Waals surface area contributed by atoms with Crippen LogP contribution in [0.2, 0.25) is 0 Å². The summed E-state index contributed by atoms with van der Waals surface area (Å²) < 4.78 is 34.5. The molecule has 0 bridgehead atoms. The third-order valence-electron chi connectivity index (χ3n) is 4.92. The van der Waals surface area contributed by atoms with Gasteiger partial charge in [0.25, 0.3) is 11.1 Å². The number of rotatable bonds is 7. The molecule has 3 aromatic carbocycles. The summed E-state index contributed by atoms with van der Waals surface area (Å²) in [5.74, 6) is -2.45. The van der Waals surface area contributed by atoms with Crippen LogP contribution in [0.5, 0.6) is 5.75 Å². The SMILES string of the molecule is O=C(CN1C(=O)S/C(=C/c2cc(I)c(OCc3ccccc3)c(I)c2)C1=O)Nc1ccc(F)cc1F. The molecule has 36 heavy (non-hydrogen) atoms. The van der Waals surface area contributed by atoms with Crippen LogP contribution in [0, 0.1) is 18.8 Å². The molecule has 4 rings (SSSR count). The van der Waals surface area contributed by atoms with Gasteiger partial charge < -0.3 is 10.1 Å². The van der Waals surface area contributed by atoms with E-state index in [4.69, 9.17) is 4.74 Å². The summed E-state index contributed by atoms with van der Waals surface area (Å²) in [6, 6.07) is 16.1. The van der Waals surface area contributed by atoms with Crippen LogP contribution < -0.4 is 10.1 Å². The number of ether oxygens (including phenoxy) is 1. The monoisotopic (exact) mass is 732 g/mol. The van der Waals surface area contributed by atoms with E-state index >= 15 is 0 Å². The Hall–Kier alpha value is -2.52. The fourth-order valence-corrected chi connectivity index (χ4v) is 6.21. The number of nitrogens with zero attached hydrogens (tertiary/aromatic N) is 1. The van der Waals surface area contributed by atoms with Crippen LogP contribution in [0.25, 0.3) is 6.08 Å². The van der Waals surface area contributed by atoms with Gasteiger partial charge in [0.05, 0.1) is 17.7 Å². The minimum Gasteiger partial charge on any atom is -0.487 e. The third kappa shape index (κ3) is 6.42. The third-order valence-corrected chi connectivity index (χ3v) is 7.43. The van der Waals surface area contributed by atoms with Crippen LogP contribution in [-0.2, 0) is 16.2 Å². The smallest absolute Gasteiger partial charge is 0.294 e. The molecule has 0 unspecified atom stereocenters. The lowest BCUT2D eigenvalue weighted by molar-refractivity contribution is -0.127. The fourth-order valence-electron chi connectivity index (χ4n) is 3.24. The molecular weight excluding hydrogens is 716 g/mol. The molecule has 1 N–H and O–H groups in total. The maximum Gasteiger partial charge on any atom is 0.294 e. The summed E-state index contributed by atoms with van der Waals surface area (Å²) in [5.41, 5.74) is 1.48. The molecule has 184 valence electrons. The van der Waals surface area contributed by atoms with Gasteiger partial charge in [-0.2, -0.15) is 0 Å². The molecule has 0 aliphatic carbocycles. The van der Waals surface area contributed by atoms with Gasteiger partial charge in [0.15, 0.2) is 0 Å². The normalized spacial score (nSPS) is 14.4. The van der Waals surface area contributed by atoms with Crippen molar-refractivity contribution in [1.29, 1.82) is 0 Å². The molecule has 0 aromatic heterocycles. The van der Waals surface area contributed by atoms with E-state index in [1.165, 1.54) is 0 Å². The van der Waals surface area contributed by atoms with Crippen LogP contribution >= 0.6 is 56.9 Å². The van der Waals surface area contributed by atoms with Gasteiger partial charge in [0.2, 0.25) is 5.91 Å². The molecule has 0 saturated carbocycles. The first kappa shape index (κ1) is 26.5. The average Bonchev–Trinajstić information content (AvgIpc) is 3.08. The van der Waals surface area contributed by atoms with Crippen molar-refractivity contribution in [2.75, 3.05) is 11.9 Å². The molecule has 0 spiro atoms. The Morgan fingerprint density at radius 3 is 2.39 bits per heavy atom. The number of amides is 3. The second-order valence-electron chi connectivity index (χ2n) is 7.53. The van der Waals surface area contributed by atoms with Gasteiger partial charge in [0.1, 0.15) is 30.5 Å². The Morgan fingerprint density at radius 1 is 1.03 bits per heavy atom. The number of hydrogen-bond acceptors (Lipinski definition) is 5. The largest absolute Gasteiger partial charge is 0.487 e. The maximum atomic E-state index is 13.8. The van der Waals surface area contributed by atoms with Crippen LogP contribution in [0.3, 0.4) is 0 Å². The topological polar surface area (TPSA) is 75.7 Å². The summed E-state index contributed by atoms with van der Waals surface area (Å²) in [5, 5.41) is 1.63. The number of imide groups is 1. The van der Waals surface area contributed by atoms with E-state index in [0.717, 1.165) is 35.5 Å². The summed E-state index contributed by atoms with van der Waals surface area (Å²) in [7, 11) is 0. The Kier molecular flexibility index (Phi) is 8.62. The second kappa shape index (κ2) is 11.7. The minimum atomic E-state index is -0.960. The average molecular weight is 732 g/mol. The molecule has 3 aromatic rings. The maximum absolute atomic E-state index is 13.8. The highest BCUT2D eigenvalue weighted by Crippen LogP contribution is 2.35.